The van der Waals surface area contributed by atoms with Gasteiger partial charge in [-0.05, 0) is 30.3 Å². The van der Waals surface area contributed by atoms with Crippen molar-refractivity contribution < 1.29 is 18.8 Å². The average molecular weight is 307 g/mol. The minimum Gasteiger partial charge on any atom is -0.465 e. The molecule has 0 saturated heterocycles. The number of nitro benzene ring substituents is 1. The van der Waals surface area contributed by atoms with Crippen molar-refractivity contribution in [1.29, 1.82) is 0 Å². The Morgan fingerprint density at radius 1 is 1.24 bits per heavy atom. The van der Waals surface area contributed by atoms with Crippen LogP contribution in [-0.4, -0.2) is 18.0 Å². The average Bonchev–Trinajstić information content (AvgIpc) is 2.47. The van der Waals surface area contributed by atoms with E-state index in [2.05, 4.69) is 4.74 Å². The number of rotatable bonds is 4. The van der Waals surface area contributed by atoms with Crippen molar-refractivity contribution >= 4 is 23.4 Å². The quantitative estimate of drug-likeness (QED) is 0.489. The largest absolute Gasteiger partial charge is 0.465 e. The highest BCUT2D eigenvalue weighted by molar-refractivity contribution is 7.99. The molecule has 21 heavy (non-hydrogen) atoms. The molecule has 0 amide bonds. The van der Waals surface area contributed by atoms with Gasteiger partial charge in [0.15, 0.2) is 0 Å². The molecule has 0 aliphatic carbocycles. The monoisotopic (exact) mass is 307 g/mol. The van der Waals surface area contributed by atoms with Crippen LogP contribution in [0.3, 0.4) is 0 Å². The van der Waals surface area contributed by atoms with E-state index >= 15 is 0 Å². The Balaban J connectivity index is 2.32. The van der Waals surface area contributed by atoms with Crippen LogP contribution in [0.2, 0.25) is 0 Å². The van der Waals surface area contributed by atoms with Crippen molar-refractivity contribution in [3.05, 3.63) is 64.0 Å². The second-order valence-corrected chi connectivity index (χ2v) is 5.10. The number of benzene rings is 2. The van der Waals surface area contributed by atoms with E-state index in [0.29, 0.717) is 9.79 Å². The molecule has 0 atom stereocenters. The smallest absolute Gasteiger partial charge is 0.339 e. The van der Waals surface area contributed by atoms with Crippen molar-refractivity contribution in [1.82, 2.24) is 0 Å². The fourth-order valence-corrected chi connectivity index (χ4v) is 2.58. The molecule has 0 heterocycles. The Bertz CT molecular complexity index is 688. The third-order valence-electron chi connectivity index (χ3n) is 2.62. The van der Waals surface area contributed by atoms with Gasteiger partial charge in [-0.15, -0.1) is 0 Å². The van der Waals surface area contributed by atoms with Crippen LogP contribution in [0.5, 0.6) is 0 Å². The molecule has 0 N–H and O–H groups in total. The van der Waals surface area contributed by atoms with Gasteiger partial charge in [-0.2, -0.15) is 0 Å². The molecule has 0 radical (unpaired) electrons. The van der Waals surface area contributed by atoms with Crippen LogP contribution in [0, 0.1) is 15.9 Å². The lowest BCUT2D eigenvalue weighted by atomic mass is 10.2. The summed E-state index contributed by atoms with van der Waals surface area (Å²) < 4.78 is 18.0. The van der Waals surface area contributed by atoms with Gasteiger partial charge in [0.05, 0.1) is 17.6 Å². The highest BCUT2D eigenvalue weighted by Crippen LogP contribution is 2.32. The summed E-state index contributed by atoms with van der Waals surface area (Å²) in [7, 11) is 1.24. The Hall–Kier alpha value is -2.41. The van der Waals surface area contributed by atoms with Gasteiger partial charge in [-0.3, -0.25) is 10.1 Å². The van der Waals surface area contributed by atoms with Gasteiger partial charge in [0.2, 0.25) is 0 Å². The molecule has 2 aromatic carbocycles. The molecule has 0 aliphatic rings. The molecule has 0 spiro atoms. The molecule has 5 nitrogen and oxygen atoms in total. The van der Waals surface area contributed by atoms with E-state index in [0.717, 1.165) is 11.8 Å². The highest BCUT2D eigenvalue weighted by atomic mass is 32.2. The number of nitrogens with zero attached hydrogens (tertiary/aromatic N) is 1. The van der Waals surface area contributed by atoms with Gasteiger partial charge in [-0.1, -0.05) is 11.8 Å². The molecular formula is C14H10FNO4S. The normalized spacial score (nSPS) is 10.2. The molecule has 0 aromatic heterocycles. The molecule has 7 heteroatoms. The number of methoxy groups -OCH3 is 1. The topological polar surface area (TPSA) is 69.4 Å². The van der Waals surface area contributed by atoms with E-state index in [-0.39, 0.29) is 11.3 Å². The van der Waals surface area contributed by atoms with Crippen LogP contribution in [0.4, 0.5) is 10.1 Å². The highest BCUT2D eigenvalue weighted by Gasteiger charge is 2.14. The number of hydrogen-bond acceptors (Lipinski definition) is 5. The molecule has 0 aliphatic heterocycles. The molecule has 0 fully saturated rings. The van der Waals surface area contributed by atoms with E-state index in [1.807, 2.05) is 0 Å². The Morgan fingerprint density at radius 2 is 1.90 bits per heavy atom. The van der Waals surface area contributed by atoms with Crippen LogP contribution >= 0.6 is 11.8 Å². The molecule has 0 unspecified atom stereocenters. The molecule has 2 aromatic rings. The summed E-state index contributed by atoms with van der Waals surface area (Å²) in [5, 5.41) is 10.6. The number of carbonyl (C=O) groups excluding carboxylic acids is 1. The minimum absolute atomic E-state index is 0.0354. The third-order valence-corrected chi connectivity index (χ3v) is 3.69. The number of non-ortho nitro benzene ring substituents is 1. The van der Waals surface area contributed by atoms with Gasteiger partial charge >= 0.3 is 5.97 Å². The maximum Gasteiger partial charge on any atom is 0.339 e. The summed E-state index contributed by atoms with van der Waals surface area (Å²) in [6.07, 6.45) is 0. The van der Waals surface area contributed by atoms with Crippen molar-refractivity contribution in [2.45, 2.75) is 9.79 Å². The standard InChI is InChI=1S/C14H10FNO4S/c1-20-14(17)12-7-2-9(15)8-13(12)21-11-5-3-10(4-6-11)16(18)19/h2-8H,1H3. The Labute approximate surface area is 123 Å². The second kappa shape index (κ2) is 6.36. The van der Waals surface area contributed by atoms with Crippen LogP contribution < -0.4 is 0 Å². The van der Waals surface area contributed by atoms with Gasteiger partial charge in [0, 0.05) is 21.9 Å². The fraction of sp³-hybridized carbons (Fsp3) is 0.0714. The van der Waals surface area contributed by atoms with Crippen LogP contribution in [0.15, 0.2) is 52.3 Å². The van der Waals surface area contributed by atoms with Gasteiger partial charge in [-0.25, -0.2) is 9.18 Å². The zero-order valence-electron chi connectivity index (χ0n) is 10.9. The van der Waals surface area contributed by atoms with E-state index < -0.39 is 16.7 Å². The van der Waals surface area contributed by atoms with Crippen LogP contribution in [-0.2, 0) is 4.74 Å². The number of ether oxygens (including phenoxy) is 1. The lowest BCUT2D eigenvalue weighted by Crippen LogP contribution is -2.03. The van der Waals surface area contributed by atoms with Crippen LogP contribution in [0.1, 0.15) is 10.4 Å². The summed E-state index contributed by atoms with van der Waals surface area (Å²) in [4.78, 5) is 22.7. The van der Waals surface area contributed by atoms with E-state index in [1.165, 1.54) is 49.6 Å². The first kappa shape index (κ1) is 15.0. The predicted molar refractivity (Wildman–Crippen MR) is 75.0 cm³/mol. The van der Waals surface area contributed by atoms with Crippen molar-refractivity contribution in [2.75, 3.05) is 7.11 Å². The molecule has 0 saturated carbocycles. The zero-order valence-corrected chi connectivity index (χ0v) is 11.7. The van der Waals surface area contributed by atoms with Gasteiger partial charge in [0.1, 0.15) is 5.82 Å². The zero-order chi connectivity index (χ0) is 15.4. The van der Waals surface area contributed by atoms with Crippen molar-refractivity contribution in [2.24, 2.45) is 0 Å². The summed E-state index contributed by atoms with van der Waals surface area (Å²) >= 11 is 1.13. The van der Waals surface area contributed by atoms with Crippen LogP contribution in [0.25, 0.3) is 0 Å². The van der Waals surface area contributed by atoms with Crippen molar-refractivity contribution in [3.8, 4) is 0 Å². The molecule has 108 valence electrons. The maximum atomic E-state index is 13.3. The maximum absolute atomic E-state index is 13.3. The van der Waals surface area contributed by atoms with E-state index in [4.69, 9.17) is 0 Å². The molecule has 2 rings (SSSR count). The molecular weight excluding hydrogens is 297 g/mol. The number of nitro groups is 1. The first-order chi connectivity index (χ1) is 10.0. The summed E-state index contributed by atoms with van der Waals surface area (Å²) in [5.74, 6) is -1.05. The number of carbonyl (C=O) groups is 1. The lowest BCUT2D eigenvalue weighted by Gasteiger charge is -2.07. The SMILES string of the molecule is COC(=O)c1ccc(F)cc1Sc1ccc([N+](=O)[O-])cc1. The summed E-state index contributed by atoms with van der Waals surface area (Å²) in [6.45, 7) is 0. The fourth-order valence-electron chi connectivity index (χ4n) is 1.62. The van der Waals surface area contributed by atoms with E-state index in [1.54, 1.807) is 0 Å². The lowest BCUT2D eigenvalue weighted by molar-refractivity contribution is -0.384. The minimum atomic E-state index is -0.570. The number of hydrogen-bond donors (Lipinski definition) is 0. The Morgan fingerprint density at radius 3 is 2.48 bits per heavy atom. The van der Waals surface area contributed by atoms with Gasteiger partial charge < -0.3 is 4.74 Å². The number of esters is 1. The summed E-state index contributed by atoms with van der Waals surface area (Å²) in [5.41, 5.74) is 0.203. The Kier molecular flexibility index (Phi) is 4.54. The summed E-state index contributed by atoms with van der Waals surface area (Å²) in [6, 6.07) is 9.50. The predicted octanol–water partition coefficient (Wildman–Crippen LogP) is 3.67. The van der Waals surface area contributed by atoms with E-state index in [9.17, 15) is 19.3 Å². The second-order valence-electron chi connectivity index (χ2n) is 3.99. The van der Waals surface area contributed by atoms with Crippen molar-refractivity contribution in [3.63, 3.8) is 0 Å². The first-order valence-corrected chi connectivity index (χ1v) is 6.63. The van der Waals surface area contributed by atoms with Gasteiger partial charge in [0.25, 0.3) is 5.69 Å². The third kappa shape index (κ3) is 3.57. The number of halogens is 1. The molecule has 0 bridgehead atoms. The first-order valence-electron chi connectivity index (χ1n) is 5.81.